The van der Waals surface area contributed by atoms with Gasteiger partial charge in [-0.25, -0.2) is 13.1 Å². The van der Waals surface area contributed by atoms with Crippen molar-refractivity contribution in [1.29, 1.82) is 0 Å². The highest BCUT2D eigenvalue weighted by Gasteiger charge is 2.21. The van der Waals surface area contributed by atoms with E-state index >= 15 is 0 Å². The van der Waals surface area contributed by atoms with Gasteiger partial charge in [0.15, 0.2) is 0 Å². The summed E-state index contributed by atoms with van der Waals surface area (Å²) in [6, 6.07) is 4.45. The Morgan fingerprint density at radius 3 is 2.50 bits per heavy atom. The highest BCUT2D eigenvalue weighted by molar-refractivity contribution is 7.89. The van der Waals surface area contributed by atoms with E-state index < -0.39 is 10.0 Å². The molecule has 1 amide bonds. The first-order valence-electron chi connectivity index (χ1n) is 7.43. The van der Waals surface area contributed by atoms with Gasteiger partial charge in [-0.3, -0.25) is 4.79 Å². The summed E-state index contributed by atoms with van der Waals surface area (Å²) in [7, 11) is -3.71. The van der Waals surface area contributed by atoms with E-state index in [0.717, 1.165) is 6.42 Å². The van der Waals surface area contributed by atoms with Crippen molar-refractivity contribution in [3.63, 3.8) is 0 Å². The molecule has 0 saturated carbocycles. The van der Waals surface area contributed by atoms with Crippen molar-refractivity contribution in [1.82, 2.24) is 10.0 Å². The number of benzene rings is 1. The van der Waals surface area contributed by atoms with Gasteiger partial charge in [0.05, 0.1) is 6.61 Å². The van der Waals surface area contributed by atoms with Gasteiger partial charge in [0.1, 0.15) is 10.6 Å². The summed E-state index contributed by atoms with van der Waals surface area (Å²) < 4.78 is 32.3. The highest BCUT2D eigenvalue weighted by atomic mass is 32.2. The van der Waals surface area contributed by atoms with Crippen molar-refractivity contribution in [2.75, 3.05) is 13.2 Å². The highest BCUT2D eigenvalue weighted by Crippen LogP contribution is 2.25. The van der Waals surface area contributed by atoms with Crippen LogP contribution in [0.2, 0.25) is 0 Å². The molecule has 1 aromatic carbocycles. The summed E-state index contributed by atoms with van der Waals surface area (Å²) in [5.74, 6) is -0.0612. The van der Waals surface area contributed by atoms with E-state index in [-0.39, 0.29) is 29.1 Å². The molecule has 0 saturated heterocycles. The lowest BCUT2D eigenvalue weighted by atomic mass is 10.2. The van der Waals surface area contributed by atoms with E-state index in [1.807, 2.05) is 13.8 Å². The van der Waals surface area contributed by atoms with Gasteiger partial charge in [0.25, 0.3) is 5.91 Å². The third-order valence-corrected chi connectivity index (χ3v) is 4.69. The van der Waals surface area contributed by atoms with Crippen molar-refractivity contribution >= 4 is 15.9 Å². The van der Waals surface area contributed by atoms with Gasteiger partial charge >= 0.3 is 0 Å². The average Bonchev–Trinajstić information content (AvgIpc) is 2.47. The molecule has 0 spiro atoms. The van der Waals surface area contributed by atoms with Crippen LogP contribution in [0.3, 0.4) is 0 Å². The average molecular weight is 328 g/mol. The molecule has 0 radical (unpaired) electrons. The number of nitrogens with one attached hydrogen (secondary N) is 2. The summed E-state index contributed by atoms with van der Waals surface area (Å²) in [6.07, 6.45) is 0.797. The molecule has 1 atom stereocenters. The maximum atomic E-state index is 12.3. The Morgan fingerprint density at radius 2 is 1.95 bits per heavy atom. The fourth-order valence-corrected chi connectivity index (χ4v) is 3.02. The molecule has 0 aliphatic rings. The first-order valence-corrected chi connectivity index (χ1v) is 8.91. The van der Waals surface area contributed by atoms with Crippen molar-refractivity contribution in [3.8, 4) is 5.75 Å². The number of sulfonamides is 1. The molecule has 22 heavy (non-hydrogen) atoms. The Kier molecular flexibility index (Phi) is 6.83. The number of carbonyl (C=O) groups excluding carboxylic acids is 1. The lowest BCUT2D eigenvalue weighted by Gasteiger charge is -2.14. The van der Waals surface area contributed by atoms with Gasteiger partial charge in [-0.05, 0) is 38.5 Å². The van der Waals surface area contributed by atoms with E-state index in [1.54, 1.807) is 19.9 Å². The van der Waals surface area contributed by atoms with Gasteiger partial charge in [-0.1, -0.05) is 13.8 Å². The molecule has 7 heteroatoms. The third-order valence-electron chi connectivity index (χ3n) is 3.12. The second kappa shape index (κ2) is 8.14. The fraction of sp³-hybridized carbons (Fsp3) is 0.533. The molecular formula is C15H24N2O4S. The molecule has 0 aliphatic heterocycles. The number of ether oxygens (including phenoxy) is 1. The number of rotatable bonds is 8. The Hall–Kier alpha value is -1.60. The van der Waals surface area contributed by atoms with Gasteiger partial charge in [-0.15, -0.1) is 0 Å². The fourth-order valence-electron chi connectivity index (χ4n) is 1.81. The lowest BCUT2D eigenvalue weighted by molar-refractivity contribution is 0.0939. The smallest absolute Gasteiger partial charge is 0.251 e. The van der Waals surface area contributed by atoms with Crippen LogP contribution in [0.1, 0.15) is 44.5 Å². The lowest BCUT2D eigenvalue weighted by Crippen LogP contribution is -2.32. The van der Waals surface area contributed by atoms with Crippen LogP contribution < -0.4 is 14.8 Å². The molecule has 0 bridgehead atoms. The molecule has 0 fully saturated rings. The third kappa shape index (κ3) is 4.71. The first-order chi connectivity index (χ1) is 10.4. The van der Waals surface area contributed by atoms with Crippen LogP contribution in [-0.2, 0) is 10.0 Å². The Bertz CT molecular complexity index is 614. The minimum Gasteiger partial charge on any atom is -0.492 e. The van der Waals surface area contributed by atoms with Gasteiger partial charge in [0.2, 0.25) is 10.0 Å². The van der Waals surface area contributed by atoms with E-state index in [9.17, 15) is 13.2 Å². The molecule has 0 unspecified atom stereocenters. The predicted molar refractivity (Wildman–Crippen MR) is 85.7 cm³/mol. The minimum atomic E-state index is -3.71. The van der Waals surface area contributed by atoms with Crippen LogP contribution in [-0.4, -0.2) is 33.5 Å². The van der Waals surface area contributed by atoms with E-state index in [0.29, 0.717) is 12.2 Å². The predicted octanol–water partition coefficient (Wildman–Crippen LogP) is 1.91. The van der Waals surface area contributed by atoms with Crippen LogP contribution in [0, 0.1) is 0 Å². The molecular weight excluding hydrogens is 304 g/mol. The maximum Gasteiger partial charge on any atom is 0.251 e. The summed E-state index contributed by atoms with van der Waals surface area (Å²) in [6.45, 7) is 7.92. The zero-order valence-electron chi connectivity index (χ0n) is 13.5. The molecule has 0 aliphatic carbocycles. The standard InChI is InChI=1S/C15H24N2O4S/c1-5-11(4)17-15(18)12-8-9-13(21-7-3)14(10-12)22(19,20)16-6-2/h8-11,16H,5-7H2,1-4H3,(H,17,18)/t11-/m0/s1. The zero-order chi connectivity index (χ0) is 16.8. The van der Waals surface area contributed by atoms with Crippen LogP contribution >= 0.6 is 0 Å². The van der Waals surface area contributed by atoms with Gasteiger partial charge in [0, 0.05) is 18.2 Å². The van der Waals surface area contributed by atoms with E-state index in [2.05, 4.69) is 10.0 Å². The van der Waals surface area contributed by atoms with Crippen molar-refractivity contribution in [3.05, 3.63) is 23.8 Å². The van der Waals surface area contributed by atoms with Crippen molar-refractivity contribution in [2.45, 2.75) is 45.1 Å². The topological polar surface area (TPSA) is 84.5 Å². The molecule has 1 aromatic rings. The first kappa shape index (κ1) is 18.4. The van der Waals surface area contributed by atoms with Crippen LogP contribution in [0.15, 0.2) is 23.1 Å². The number of hydrogen-bond acceptors (Lipinski definition) is 4. The Balaban J connectivity index is 3.22. The van der Waals surface area contributed by atoms with Gasteiger partial charge in [-0.2, -0.15) is 0 Å². The molecule has 0 aromatic heterocycles. The zero-order valence-corrected chi connectivity index (χ0v) is 14.3. The largest absolute Gasteiger partial charge is 0.492 e. The number of amides is 1. The van der Waals surface area contributed by atoms with Crippen molar-refractivity contribution in [2.24, 2.45) is 0 Å². The van der Waals surface area contributed by atoms with E-state index in [4.69, 9.17) is 4.74 Å². The summed E-state index contributed by atoms with van der Waals surface area (Å²) in [4.78, 5) is 12.1. The van der Waals surface area contributed by atoms with Gasteiger partial charge < -0.3 is 10.1 Å². The minimum absolute atomic E-state index is 0.0204. The second-order valence-electron chi connectivity index (χ2n) is 4.88. The number of hydrogen-bond donors (Lipinski definition) is 2. The van der Waals surface area contributed by atoms with Crippen LogP contribution in [0.4, 0.5) is 0 Å². The Labute approximate surface area is 132 Å². The monoisotopic (exact) mass is 328 g/mol. The normalized spacial score (nSPS) is 12.7. The quantitative estimate of drug-likeness (QED) is 0.763. The summed E-state index contributed by atoms with van der Waals surface area (Å²) >= 11 is 0. The molecule has 2 N–H and O–H groups in total. The molecule has 124 valence electrons. The SMILES string of the molecule is CCNS(=O)(=O)c1cc(C(=O)N[C@@H](C)CC)ccc1OCC. The molecule has 6 nitrogen and oxygen atoms in total. The van der Waals surface area contributed by atoms with E-state index in [1.165, 1.54) is 12.1 Å². The number of carbonyl (C=O) groups is 1. The maximum absolute atomic E-state index is 12.3. The summed E-state index contributed by atoms with van der Waals surface area (Å²) in [5, 5.41) is 2.81. The Morgan fingerprint density at radius 1 is 1.27 bits per heavy atom. The summed E-state index contributed by atoms with van der Waals surface area (Å²) in [5.41, 5.74) is 0.292. The van der Waals surface area contributed by atoms with Crippen LogP contribution in [0.5, 0.6) is 5.75 Å². The second-order valence-corrected chi connectivity index (χ2v) is 6.61. The van der Waals surface area contributed by atoms with Crippen molar-refractivity contribution < 1.29 is 17.9 Å². The molecule has 1 rings (SSSR count). The molecule has 0 heterocycles. The van der Waals surface area contributed by atoms with Crippen LogP contribution in [0.25, 0.3) is 0 Å².